The molecule has 3 unspecified atom stereocenters. The van der Waals surface area contributed by atoms with E-state index < -0.39 is 0 Å². The van der Waals surface area contributed by atoms with E-state index in [2.05, 4.69) is 5.32 Å². The maximum Gasteiger partial charge on any atom is 0.241 e. The normalized spacial score (nSPS) is 29.3. The molecule has 2 fully saturated rings. The average molecular weight is 309 g/mol. The quantitative estimate of drug-likeness (QED) is 0.929. The summed E-state index contributed by atoms with van der Waals surface area (Å²) in [6.45, 7) is 4.34. The van der Waals surface area contributed by atoms with Crippen LogP contribution in [-0.2, 0) is 9.53 Å². The monoisotopic (exact) mass is 308 g/mol. The first kappa shape index (κ1) is 14.8. The van der Waals surface area contributed by atoms with Gasteiger partial charge in [-0.15, -0.1) is 0 Å². The summed E-state index contributed by atoms with van der Waals surface area (Å²) >= 11 is 6.10. The van der Waals surface area contributed by atoms with Crippen molar-refractivity contribution in [2.24, 2.45) is 5.92 Å². The third-order valence-electron chi connectivity index (χ3n) is 4.30. The molecule has 2 heterocycles. The molecule has 3 atom stereocenters. The van der Waals surface area contributed by atoms with Crippen molar-refractivity contribution in [1.82, 2.24) is 10.2 Å². The molecule has 21 heavy (non-hydrogen) atoms. The highest BCUT2D eigenvalue weighted by Gasteiger charge is 2.39. The first-order valence-electron chi connectivity index (χ1n) is 7.58. The number of hydrogen-bond donors (Lipinski definition) is 1. The predicted octanol–water partition coefficient (Wildman–Crippen LogP) is 2.59. The predicted molar refractivity (Wildman–Crippen MR) is 82.0 cm³/mol. The summed E-state index contributed by atoms with van der Waals surface area (Å²) in [5.41, 5.74) is 1.05. The summed E-state index contributed by atoms with van der Waals surface area (Å²) in [6, 6.07) is 7.64. The smallest absolute Gasteiger partial charge is 0.241 e. The Bertz CT molecular complexity index is 517. The SMILES string of the molecule is CCC1NC(c2cccc(Cl)c2)N(CC2CCOC2)C1=O. The zero-order valence-electron chi connectivity index (χ0n) is 12.2. The second-order valence-electron chi connectivity index (χ2n) is 5.81. The summed E-state index contributed by atoms with van der Waals surface area (Å²) in [6.07, 6.45) is 1.75. The minimum absolute atomic E-state index is 0.0817. The number of benzene rings is 1. The van der Waals surface area contributed by atoms with Crippen molar-refractivity contribution in [3.8, 4) is 0 Å². The topological polar surface area (TPSA) is 41.6 Å². The van der Waals surface area contributed by atoms with Gasteiger partial charge in [0.05, 0.1) is 12.6 Å². The molecular formula is C16H21ClN2O2. The van der Waals surface area contributed by atoms with Crippen LogP contribution in [0.5, 0.6) is 0 Å². The third kappa shape index (κ3) is 3.07. The van der Waals surface area contributed by atoms with Gasteiger partial charge in [0.15, 0.2) is 0 Å². The van der Waals surface area contributed by atoms with Crippen molar-refractivity contribution < 1.29 is 9.53 Å². The molecule has 3 rings (SSSR count). The first-order valence-corrected chi connectivity index (χ1v) is 7.96. The molecule has 0 bridgehead atoms. The zero-order chi connectivity index (χ0) is 14.8. The molecule has 0 spiro atoms. The lowest BCUT2D eigenvalue weighted by Crippen LogP contribution is -2.35. The van der Waals surface area contributed by atoms with E-state index in [1.54, 1.807) is 0 Å². The van der Waals surface area contributed by atoms with Gasteiger partial charge in [-0.25, -0.2) is 0 Å². The van der Waals surface area contributed by atoms with Gasteiger partial charge in [-0.05, 0) is 30.5 Å². The number of carbonyl (C=O) groups is 1. The molecule has 1 N–H and O–H groups in total. The van der Waals surface area contributed by atoms with Crippen LogP contribution < -0.4 is 5.32 Å². The summed E-state index contributed by atoms with van der Waals surface area (Å²) in [7, 11) is 0. The number of rotatable bonds is 4. The van der Waals surface area contributed by atoms with Crippen LogP contribution >= 0.6 is 11.6 Å². The van der Waals surface area contributed by atoms with Crippen molar-refractivity contribution in [2.75, 3.05) is 19.8 Å². The largest absolute Gasteiger partial charge is 0.381 e. The van der Waals surface area contributed by atoms with E-state index in [1.807, 2.05) is 36.1 Å². The number of carbonyl (C=O) groups excluding carboxylic acids is 1. The summed E-state index contributed by atoms with van der Waals surface area (Å²) in [5, 5.41) is 4.13. The highest BCUT2D eigenvalue weighted by Crippen LogP contribution is 2.30. The summed E-state index contributed by atoms with van der Waals surface area (Å²) in [4.78, 5) is 14.5. The standard InChI is InChI=1S/C16H21ClN2O2/c1-2-14-16(20)19(9-11-6-7-21-10-11)15(18-14)12-4-3-5-13(17)8-12/h3-5,8,11,14-15,18H,2,6-7,9-10H2,1H3. The molecule has 0 radical (unpaired) electrons. The highest BCUT2D eigenvalue weighted by molar-refractivity contribution is 6.30. The van der Waals surface area contributed by atoms with E-state index in [0.29, 0.717) is 10.9 Å². The minimum atomic E-state index is -0.101. The van der Waals surface area contributed by atoms with Crippen LogP contribution in [0.3, 0.4) is 0 Å². The van der Waals surface area contributed by atoms with Gasteiger partial charge in [0, 0.05) is 24.1 Å². The Morgan fingerprint density at radius 3 is 3.00 bits per heavy atom. The number of nitrogens with one attached hydrogen (secondary N) is 1. The molecular weight excluding hydrogens is 288 g/mol. The van der Waals surface area contributed by atoms with Crippen molar-refractivity contribution in [2.45, 2.75) is 32.0 Å². The van der Waals surface area contributed by atoms with E-state index in [1.165, 1.54) is 0 Å². The Balaban J connectivity index is 1.83. The zero-order valence-corrected chi connectivity index (χ0v) is 13.0. The molecule has 2 aliphatic heterocycles. The van der Waals surface area contributed by atoms with Crippen LogP contribution in [0, 0.1) is 5.92 Å². The van der Waals surface area contributed by atoms with Crippen LogP contribution in [0.2, 0.25) is 5.02 Å². The van der Waals surface area contributed by atoms with Gasteiger partial charge in [0.2, 0.25) is 5.91 Å². The number of amides is 1. The number of nitrogens with zero attached hydrogens (tertiary/aromatic N) is 1. The molecule has 2 saturated heterocycles. The number of hydrogen-bond acceptors (Lipinski definition) is 3. The maximum absolute atomic E-state index is 12.6. The van der Waals surface area contributed by atoms with E-state index in [-0.39, 0.29) is 18.1 Å². The van der Waals surface area contributed by atoms with Crippen molar-refractivity contribution >= 4 is 17.5 Å². The first-order chi connectivity index (χ1) is 10.2. The van der Waals surface area contributed by atoms with Crippen LogP contribution in [0.15, 0.2) is 24.3 Å². The van der Waals surface area contributed by atoms with Crippen LogP contribution in [0.4, 0.5) is 0 Å². The number of halogens is 1. The van der Waals surface area contributed by atoms with Crippen LogP contribution in [-0.4, -0.2) is 36.6 Å². The van der Waals surface area contributed by atoms with E-state index in [4.69, 9.17) is 16.3 Å². The Hall–Kier alpha value is -1.10. The average Bonchev–Trinajstić information content (AvgIpc) is 3.09. The molecule has 0 aliphatic carbocycles. The van der Waals surface area contributed by atoms with E-state index in [9.17, 15) is 4.79 Å². The second kappa shape index (κ2) is 6.34. The van der Waals surface area contributed by atoms with Gasteiger partial charge in [0.25, 0.3) is 0 Å². The fourth-order valence-corrected chi connectivity index (χ4v) is 3.32. The van der Waals surface area contributed by atoms with Crippen molar-refractivity contribution in [3.63, 3.8) is 0 Å². The molecule has 0 aromatic heterocycles. The van der Waals surface area contributed by atoms with Gasteiger partial charge in [-0.2, -0.15) is 0 Å². The molecule has 1 amide bonds. The lowest BCUT2D eigenvalue weighted by Gasteiger charge is -2.27. The van der Waals surface area contributed by atoms with Gasteiger partial charge in [0.1, 0.15) is 6.17 Å². The Morgan fingerprint density at radius 2 is 2.33 bits per heavy atom. The summed E-state index contributed by atoms with van der Waals surface area (Å²) < 4.78 is 5.44. The third-order valence-corrected chi connectivity index (χ3v) is 4.54. The fraction of sp³-hybridized carbons (Fsp3) is 0.562. The van der Waals surface area contributed by atoms with Crippen LogP contribution in [0.1, 0.15) is 31.5 Å². The van der Waals surface area contributed by atoms with Crippen LogP contribution in [0.25, 0.3) is 0 Å². The molecule has 114 valence electrons. The molecule has 1 aromatic rings. The van der Waals surface area contributed by atoms with Crippen molar-refractivity contribution in [3.05, 3.63) is 34.9 Å². The highest BCUT2D eigenvalue weighted by atomic mass is 35.5. The molecule has 0 saturated carbocycles. The molecule has 1 aromatic carbocycles. The van der Waals surface area contributed by atoms with Gasteiger partial charge in [-0.3, -0.25) is 10.1 Å². The molecule has 2 aliphatic rings. The summed E-state index contributed by atoms with van der Waals surface area (Å²) in [5.74, 6) is 0.627. The molecule has 4 nitrogen and oxygen atoms in total. The Labute approximate surface area is 130 Å². The van der Waals surface area contributed by atoms with E-state index in [0.717, 1.165) is 38.2 Å². The van der Waals surface area contributed by atoms with Gasteiger partial charge >= 0.3 is 0 Å². The Morgan fingerprint density at radius 1 is 1.48 bits per heavy atom. The second-order valence-corrected chi connectivity index (χ2v) is 6.24. The van der Waals surface area contributed by atoms with Gasteiger partial charge < -0.3 is 9.64 Å². The van der Waals surface area contributed by atoms with E-state index >= 15 is 0 Å². The lowest BCUT2D eigenvalue weighted by atomic mass is 10.1. The minimum Gasteiger partial charge on any atom is -0.381 e. The lowest BCUT2D eigenvalue weighted by molar-refractivity contribution is -0.130. The number of ether oxygens (including phenoxy) is 1. The maximum atomic E-state index is 12.6. The fourth-order valence-electron chi connectivity index (χ4n) is 3.13. The van der Waals surface area contributed by atoms with Gasteiger partial charge in [-0.1, -0.05) is 30.7 Å². The Kier molecular flexibility index (Phi) is 4.48. The van der Waals surface area contributed by atoms with Crippen molar-refractivity contribution in [1.29, 1.82) is 0 Å². The molecule has 5 heteroatoms.